The molecule has 1 amide bonds. The number of nitrogens with zero attached hydrogens (tertiary/aromatic N) is 4. The Bertz CT molecular complexity index is 1770. The number of nitrogens with one attached hydrogen (secondary N) is 3. The summed E-state index contributed by atoms with van der Waals surface area (Å²) in [6, 6.07) is 21.4. The molecule has 0 radical (unpaired) electrons. The molecular formula is C30H27N7O. The lowest BCUT2D eigenvalue weighted by atomic mass is 9.87. The van der Waals surface area contributed by atoms with Crippen molar-refractivity contribution in [3.63, 3.8) is 0 Å². The highest BCUT2D eigenvalue weighted by Gasteiger charge is 2.15. The first-order chi connectivity index (χ1) is 18.3. The van der Waals surface area contributed by atoms with Gasteiger partial charge in [0.05, 0.1) is 17.4 Å². The number of aromatic amines is 1. The Morgan fingerprint density at radius 2 is 1.82 bits per heavy atom. The quantitative estimate of drug-likeness (QED) is 0.248. The van der Waals surface area contributed by atoms with Crippen LogP contribution in [0.4, 0.5) is 17.2 Å². The van der Waals surface area contributed by atoms with Gasteiger partial charge in [0.25, 0.3) is 5.91 Å². The number of amides is 1. The first kappa shape index (κ1) is 23.4. The van der Waals surface area contributed by atoms with Gasteiger partial charge in [0.1, 0.15) is 0 Å². The topological polar surface area (TPSA) is 100 Å². The van der Waals surface area contributed by atoms with Crippen LogP contribution in [0.1, 0.15) is 36.7 Å². The predicted octanol–water partition coefficient (Wildman–Crippen LogP) is 6.57. The lowest BCUT2D eigenvalue weighted by Gasteiger charge is -2.19. The summed E-state index contributed by atoms with van der Waals surface area (Å²) in [7, 11) is 0. The van der Waals surface area contributed by atoms with Crippen LogP contribution in [-0.2, 0) is 5.41 Å². The van der Waals surface area contributed by atoms with Crippen molar-refractivity contribution in [2.75, 3.05) is 10.6 Å². The van der Waals surface area contributed by atoms with E-state index in [2.05, 4.69) is 46.6 Å². The van der Waals surface area contributed by atoms with Crippen LogP contribution in [0.2, 0.25) is 0 Å². The number of carbonyl (C=O) groups excluding carboxylic acids is 1. The molecule has 0 fully saturated rings. The van der Waals surface area contributed by atoms with Crippen LogP contribution in [-0.4, -0.2) is 30.5 Å². The smallest absolute Gasteiger partial charge is 0.255 e. The number of aromatic nitrogens is 5. The monoisotopic (exact) mass is 501 g/mol. The van der Waals surface area contributed by atoms with Gasteiger partial charge in [0.15, 0.2) is 11.5 Å². The average Bonchev–Trinajstić information content (AvgIpc) is 3.58. The summed E-state index contributed by atoms with van der Waals surface area (Å²) >= 11 is 0. The standard InChI is InChI=1S/C30H27N7O/c1-30(2,3)22-9-7-19(8-10-22)29(38)34-23-6-4-5-20(15-23)26-18-37-14-13-31-28(37)27(35-26)33-24-11-12-25-21(16-24)17-32-36-25/h4-18H,1-3H3,(H,32,36)(H,33,35)(H,34,38). The number of hydrogen-bond donors (Lipinski definition) is 3. The molecule has 3 N–H and O–H groups in total. The minimum Gasteiger partial charge on any atom is -0.337 e. The fourth-order valence-corrected chi connectivity index (χ4v) is 4.39. The van der Waals surface area contributed by atoms with Gasteiger partial charge in [-0.05, 0) is 53.4 Å². The van der Waals surface area contributed by atoms with E-state index in [0.29, 0.717) is 22.7 Å². The second-order valence-electron chi connectivity index (χ2n) is 10.3. The summed E-state index contributed by atoms with van der Waals surface area (Å²) < 4.78 is 1.93. The molecule has 6 rings (SSSR count). The van der Waals surface area contributed by atoms with Crippen molar-refractivity contribution >= 4 is 39.6 Å². The molecule has 0 bridgehead atoms. The number of imidazole rings is 1. The zero-order valence-corrected chi connectivity index (χ0v) is 21.4. The first-order valence-corrected chi connectivity index (χ1v) is 12.4. The van der Waals surface area contributed by atoms with Crippen LogP contribution in [0.25, 0.3) is 27.8 Å². The molecule has 0 unspecified atom stereocenters. The lowest BCUT2D eigenvalue weighted by Crippen LogP contribution is -2.14. The minimum atomic E-state index is -0.155. The lowest BCUT2D eigenvalue weighted by molar-refractivity contribution is 0.102. The van der Waals surface area contributed by atoms with Gasteiger partial charge in [-0.15, -0.1) is 0 Å². The molecule has 3 heterocycles. The maximum absolute atomic E-state index is 12.9. The Morgan fingerprint density at radius 3 is 2.63 bits per heavy atom. The molecule has 188 valence electrons. The number of anilines is 3. The SMILES string of the molecule is CC(C)(C)c1ccc(C(=O)Nc2cccc(-c3cn4ccnc4c(Nc4ccc5[nH]ncc5c4)n3)c2)cc1. The number of carbonyl (C=O) groups is 1. The van der Waals surface area contributed by atoms with E-state index in [1.54, 1.807) is 12.4 Å². The third-order valence-corrected chi connectivity index (χ3v) is 6.51. The van der Waals surface area contributed by atoms with Crippen LogP contribution >= 0.6 is 0 Å². The summed E-state index contributed by atoms with van der Waals surface area (Å²) in [5.74, 6) is 0.473. The number of H-pyrrole nitrogens is 1. The van der Waals surface area contributed by atoms with Gasteiger partial charge >= 0.3 is 0 Å². The normalized spacial score (nSPS) is 11.7. The van der Waals surface area contributed by atoms with E-state index in [-0.39, 0.29) is 11.3 Å². The van der Waals surface area contributed by atoms with Crippen LogP contribution in [0.15, 0.2) is 91.5 Å². The summed E-state index contributed by atoms with van der Waals surface area (Å²) in [4.78, 5) is 22.3. The van der Waals surface area contributed by atoms with Crippen LogP contribution in [0.5, 0.6) is 0 Å². The molecule has 8 nitrogen and oxygen atoms in total. The molecule has 0 saturated carbocycles. The van der Waals surface area contributed by atoms with Gasteiger partial charge in [-0.1, -0.05) is 45.0 Å². The largest absolute Gasteiger partial charge is 0.337 e. The van der Waals surface area contributed by atoms with E-state index < -0.39 is 0 Å². The summed E-state index contributed by atoms with van der Waals surface area (Å²) in [5, 5.41) is 14.5. The van der Waals surface area contributed by atoms with E-state index in [1.807, 2.05) is 83.5 Å². The Morgan fingerprint density at radius 1 is 0.974 bits per heavy atom. The molecule has 0 saturated heterocycles. The maximum Gasteiger partial charge on any atom is 0.255 e. The molecule has 0 aliphatic carbocycles. The fourth-order valence-electron chi connectivity index (χ4n) is 4.39. The highest BCUT2D eigenvalue weighted by molar-refractivity contribution is 6.04. The number of benzene rings is 3. The van der Waals surface area contributed by atoms with Crippen molar-refractivity contribution in [2.24, 2.45) is 0 Å². The van der Waals surface area contributed by atoms with Crippen molar-refractivity contribution in [3.05, 3.63) is 103 Å². The second-order valence-corrected chi connectivity index (χ2v) is 10.3. The van der Waals surface area contributed by atoms with E-state index in [0.717, 1.165) is 27.8 Å². The van der Waals surface area contributed by atoms with Crippen molar-refractivity contribution in [1.82, 2.24) is 24.6 Å². The van der Waals surface area contributed by atoms with Crippen LogP contribution in [0, 0.1) is 0 Å². The molecular weight excluding hydrogens is 474 g/mol. The zero-order valence-electron chi connectivity index (χ0n) is 21.4. The molecule has 0 aliphatic heterocycles. The van der Waals surface area contributed by atoms with Gasteiger partial charge in [-0.25, -0.2) is 9.97 Å². The average molecular weight is 502 g/mol. The van der Waals surface area contributed by atoms with Crippen LogP contribution in [0.3, 0.4) is 0 Å². The highest BCUT2D eigenvalue weighted by Crippen LogP contribution is 2.28. The molecule has 3 aromatic heterocycles. The fraction of sp³-hybridized carbons (Fsp3) is 0.133. The molecule has 8 heteroatoms. The van der Waals surface area contributed by atoms with Crippen molar-refractivity contribution in [1.29, 1.82) is 0 Å². The number of fused-ring (bicyclic) bond motifs is 2. The molecule has 6 aromatic rings. The van der Waals surface area contributed by atoms with Crippen molar-refractivity contribution in [2.45, 2.75) is 26.2 Å². The third kappa shape index (κ3) is 4.59. The predicted molar refractivity (Wildman–Crippen MR) is 151 cm³/mol. The van der Waals surface area contributed by atoms with Gasteiger partial charge in [-0.2, -0.15) is 5.10 Å². The van der Waals surface area contributed by atoms with Crippen LogP contribution < -0.4 is 10.6 Å². The van der Waals surface area contributed by atoms with Gasteiger partial charge in [0.2, 0.25) is 0 Å². The number of rotatable bonds is 5. The van der Waals surface area contributed by atoms with Crippen molar-refractivity contribution in [3.8, 4) is 11.3 Å². The second kappa shape index (κ2) is 9.15. The third-order valence-electron chi connectivity index (χ3n) is 6.51. The van der Waals surface area contributed by atoms with E-state index in [4.69, 9.17) is 4.98 Å². The summed E-state index contributed by atoms with van der Waals surface area (Å²) in [6.07, 6.45) is 7.35. The van der Waals surface area contributed by atoms with E-state index in [9.17, 15) is 4.79 Å². The Hall–Kier alpha value is -4.98. The van der Waals surface area contributed by atoms with Gasteiger partial charge < -0.3 is 15.0 Å². The zero-order chi connectivity index (χ0) is 26.3. The summed E-state index contributed by atoms with van der Waals surface area (Å²) in [5.41, 5.74) is 6.70. The number of hydrogen-bond acceptors (Lipinski definition) is 5. The van der Waals surface area contributed by atoms with E-state index >= 15 is 0 Å². The Labute approximate surface area is 219 Å². The first-order valence-electron chi connectivity index (χ1n) is 12.4. The molecule has 0 atom stereocenters. The molecule has 3 aromatic carbocycles. The van der Waals surface area contributed by atoms with E-state index in [1.165, 1.54) is 5.56 Å². The van der Waals surface area contributed by atoms with Gasteiger partial charge in [-0.3, -0.25) is 9.89 Å². The maximum atomic E-state index is 12.9. The Balaban J connectivity index is 1.28. The van der Waals surface area contributed by atoms with Crippen molar-refractivity contribution < 1.29 is 4.79 Å². The Kier molecular flexibility index (Phi) is 5.64. The highest BCUT2D eigenvalue weighted by atomic mass is 16.1. The molecule has 38 heavy (non-hydrogen) atoms. The summed E-state index contributed by atoms with van der Waals surface area (Å²) in [6.45, 7) is 6.46. The van der Waals surface area contributed by atoms with Gasteiger partial charge in [0, 0.05) is 46.5 Å². The molecule has 0 spiro atoms. The molecule has 0 aliphatic rings. The minimum absolute atomic E-state index is 0.0341.